The van der Waals surface area contributed by atoms with Gasteiger partial charge in [-0.15, -0.1) is 0 Å². The quantitative estimate of drug-likeness (QED) is 0.381. The van der Waals surface area contributed by atoms with Gasteiger partial charge in [0.15, 0.2) is 0 Å². The Labute approximate surface area is 166 Å². The molecule has 0 radical (unpaired) electrons. The Morgan fingerprint density at radius 2 is 2.00 bits per heavy atom. The fourth-order valence-electron chi connectivity index (χ4n) is 2.89. The first-order valence-corrected chi connectivity index (χ1v) is 9.35. The maximum atomic E-state index is 12.3. The maximum Gasteiger partial charge on any atom is 0.410 e. The first-order valence-electron chi connectivity index (χ1n) is 8.97. The minimum absolute atomic E-state index is 0.233. The highest BCUT2D eigenvalue weighted by Crippen LogP contribution is 2.34. The molecule has 0 bridgehead atoms. The van der Waals surface area contributed by atoms with Crippen LogP contribution < -0.4 is 0 Å². The Bertz CT molecular complexity index is 822. The molecule has 1 aromatic rings. The van der Waals surface area contributed by atoms with Crippen LogP contribution in [0.3, 0.4) is 0 Å². The number of likely N-dealkylation sites (tertiary alicyclic amines) is 1. The molecule has 0 aromatic heterocycles. The summed E-state index contributed by atoms with van der Waals surface area (Å²) < 4.78 is 5.46. The number of amides is 1. The second-order valence-corrected chi connectivity index (χ2v) is 8.75. The van der Waals surface area contributed by atoms with Crippen LogP contribution in [0.15, 0.2) is 35.9 Å². The molecule has 2 rings (SSSR count). The van der Waals surface area contributed by atoms with Crippen molar-refractivity contribution in [2.24, 2.45) is 5.41 Å². The molecule has 0 spiro atoms. The number of carbonyl (C=O) groups is 2. The molecule has 5 heteroatoms. The van der Waals surface area contributed by atoms with Crippen molar-refractivity contribution in [3.05, 3.63) is 46.5 Å². The Hall–Kier alpha value is -2.25. The summed E-state index contributed by atoms with van der Waals surface area (Å²) in [7, 11) is 0. The summed E-state index contributed by atoms with van der Waals surface area (Å²) in [6, 6.07) is 6.74. The second kappa shape index (κ2) is 8.19. The van der Waals surface area contributed by atoms with E-state index in [0.717, 1.165) is 5.57 Å². The lowest BCUT2D eigenvalue weighted by molar-refractivity contribution is 0.0157. The smallest absolute Gasteiger partial charge is 0.410 e. The van der Waals surface area contributed by atoms with Crippen molar-refractivity contribution in [3.8, 4) is 11.8 Å². The fraction of sp³-hybridized carbons (Fsp3) is 0.455. The van der Waals surface area contributed by atoms with Gasteiger partial charge in [0.05, 0.1) is 0 Å². The van der Waals surface area contributed by atoms with E-state index in [4.69, 9.17) is 16.3 Å². The molecule has 1 heterocycles. The zero-order chi connectivity index (χ0) is 20.2. The zero-order valence-corrected chi connectivity index (χ0v) is 17.3. The van der Waals surface area contributed by atoms with Gasteiger partial charge in [0.2, 0.25) is 5.78 Å². The fourth-order valence-corrected chi connectivity index (χ4v) is 3.08. The average molecular weight is 388 g/mol. The minimum Gasteiger partial charge on any atom is -0.444 e. The number of piperidine rings is 1. The number of halogens is 1. The van der Waals surface area contributed by atoms with Crippen LogP contribution in [0.5, 0.6) is 0 Å². The molecule has 1 aliphatic rings. The largest absolute Gasteiger partial charge is 0.444 e. The van der Waals surface area contributed by atoms with Crippen LogP contribution in [0.2, 0.25) is 5.02 Å². The lowest BCUT2D eigenvalue weighted by atomic mass is 9.79. The molecule has 27 heavy (non-hydrogen) atoms. The van der Waals surface area contributed by atoms with E-state index in [1.54, 1.807) is 35.2 Å². The van der Waals surface area contributed by atoms with Crippen molar-refractivity contribution in [1.82, 2.24) is 4.90 Å². The molecule has 1 aromatic carbocycles. The van der Waals surface area contributed by atoms with Gasteiger partial charge in [-0.3, -0.25) is 4.79 Å². The third-order valence-corrected chi connectivity index (χ3v) is 4.51. The van der Waals surface area contributed by atoms with Gasteiger partial charge in [-0.2, -0.15) is 0 Å². The van der Waals surface area contributed by atoms with Crippen LogP contribution in [-0.2, 0) is 4.74 Å². The minimum atomic E-state index is -0.510. The van der Waals surface area contributed by atoms with E-state index in [0.29, 0.717) is 30.1 Å². The third-order valence-electron chi connectivity index (χ3n) is 4.28. The number of hydrogen-bond donors (Lipinski definition) is 0. The predicted octanol–water partition coefficient (Wildman–Crippen LogP) is 5.12. The summed E-state index contributed by atoms with van der Waals surface area (Å²) in [6.45, 7) is 10.8. The van der Waals surface area contributed by atoms with Crippen LogP contribution in [-0.4, -0.2) is 35.5 Å². The Balaban J connectivity index is 2.06. The Kier molecular flexibility index (Phi) is 6.38. The van der Waals surface area contributed by atoms with Gasteiger partial charge in [0.1, 0.15) is 5.60 Å². The van der Waals surface area contributed by atoms with Crippen LogP contribution in [0.25, 0.3) is 0 Å². The van der Waals surface area contributed by atoms with E-state index >= 15 is 0 Å². The summed E-state index contributed by atoms with van der Waals surface area (Å²) >= 11 is 5.91. The van der Waals surface area contributed by atoms with E-state index in [1.807, 2.05) is 20.8 Å². The average Bonchev–Trinajstić information content (AvgIpc) is 2.54. The first-order chi connectivity index (χ1) is 12.5. The number of nitrogens with zero attached hydrogens (tertiary/aromatic N) is 1. The van der Waals surface area contributed by atoms with Gasteiger partial charge < -0.3 is 9.64 Å². The van der Waals surface area contributed by atoms with Crippen molar-refractivity contribution in [2.75, 3.05) is 13.1 Å². The van der Waals surface area contributed by atoms with E-state index in [1.165, 1.54) is 0 Å². The number of hydrogen-bond acceptors (Lipinski definition) is 3. The summed E-state index contributed by atoms with van der Waals surface area (Å²) in [6.07, 6.45) is 2.21. The number of rotatable bonds is 1. The molecular weight excluding hydrogens is 362 g/mol. The van der Waals surface area contributed by atoms with Gasteiger partial charge in [-0.05, 0) is 51.3 Å². The number of ketones is 1. The van der Waals surface area contributed by atoms with Gasteiger partial charge in [0.25, 0.3) is 0 Å². The topological polar surface area (TPSA) is 46.6 Å². The molecule has 0 atom stereocenters. The van der Waals surface area contributed by atoms with E-state index in [-0.39, 0.29) is 17.3 Å². The number of carbonyl (C=O) groups excluding carboxylic acids is 2. The summed E-state index contributed by atoms with van der Waals surface area (Å²) in [5, 5.41) is 0.511. The Morgan fingerprint density at radius 1 is 1.30 bits per heavy atom. The van der Waals surface area contributed by atoms with Gasteiger partial charge >= 0.3 is 6.09 Å². The highest BCUT2D eigenvalue weighted by atomic mass is 35.5. The SMILES string of the molecule is CC(C)(C)OC(=O)N1CC/C(=C\C#CC(=O)c2cccc(Cl)c2)C(C)(C)C1. The molecule has 1 fully saturated rings. The first kappa shape index (κ1) is 21.1. The molecule has 0 N–H and O–H groups in total. The zero-order valence-electron chi connectivity index (χ0n) is 16.6. The van der Waals surface area contributed by atoms with Gasteiger partial charge in [-0.1, -0.05) is 49.1 Å². The van der Waals surface area contributed by atoms with E-state index in [9.17, 15) is 9.59 Å². The summed E-state index contributed by atoms with van der Waals surface area (Å²) in [5.41, 5.74) is 0.855. The van der Waals surface area contributed by atoms with Crippen LogP contribution in [0, 0.1) is 17.3 Å². The van der Waals surface area contributed by atoms with Crippen molar-refractivity contribution in [1.29, 1.82) is 0 Å². The predicted molar refractivity (Wildman–Crippen MR) is 108 cm³/mol. The molecule has 1 aliphatic heterocycles. The third kappa shape index (κ3) is 6.15. The van der Waals surface area contributed by atoms with Crippen molar-refractivity contribution >= 4 is 23.5 Å². The molecule has 144 valence electrons. The normalized spacial score (nSPS) is 17.9. The highest BCUT2D eigenvalue weighted by Gasteiger charge is 2.34. The van der Waals surface area contributed by atoms with Gasteiger partial charge in [-0.25, -0.2) is 4.79 Å². The monoisotopic (exact) mass is 387 g/mol. The van der Waals surface area contributed by atoms with Crippen molar-refractivity contribution in [3.63, 3.8) is 0 Å². The summed E-state index contributed by atoms with van der Waals surface area (Å²) in [5.74, 6) is 5.25. The van der Waals surface area contributed by atoms with E-state index in [2.05, 4.69) is 25.7 Å². The maximum absolute atomic E-state index is 12.3. The molecule has 0 unspecified atom stereocenters. The molecule has 0 saturated carbocycles. The van der Waals surface area contributed by atoms with E-state index < -0.39 is 5.60 Å². The molecule has 4 nitrogen and oxygen atoms in total. The van der Waals surface area contributed by atoms with Crippen LogP contribution in [0.1, 0.15) is 51.4 Å². The molecule has 0 aliphatic carbocycles. The standard InChI is InChI=1S/C22H26ClNO3/c1-21(2,3)27-20(26)24-13-12-17(22(4,5)15-24)9-7-11-19(25)16-8-6-10-18(23)14-16/h6,8-10,14H,12-13,15H2,1-5H3/b17-9+. The number of Topliss-reactive ketones (excluding diaryl/α,β-unsaturated/α-hetero) is 1. The molecular formula is C22H26ClNO3. The van der Waals surface area contributed by atoms with Gasteiger partial charge in [0, 0.05) is 29.1 Å². The van der Waals surface area contributed by atoms with Crippen LogP contribution >= 0.6 is 11.6 Å². The number of benzene rings is 1. The van der Waals surface area contributed by atoms with Crippen molar-refractivity contribution in [2.45, 2.75) is 46.6 Å². The molecule has 1 amide bonds. The van der Waals surface area contributed by atoms with Crippen LogP contribution in [0.4, 0.5) is 4.79 Å². The lowest BCUT2D eigenvalue weighted by Gasteiger charge is -2.40. The number of allylic oxidation sites excluding steroid dienone is 1. The van der Waals surface area contributed by atoms with Crippen molar-refractivity contribution < 1.29 is 14.3 Å². The highest BCUT2D eigenvalue weighted by molar-refractivity contribution is 6.31. The summed E-state index contributed by atoms with van der Waals surface area (Å²) in [4.78, 5) is 26.2. The lowest BCUT2D eigenvalue weighted by Crippen LogP contribution is -2.46. The molecule has 1 saturated heterocycles. The second-order valence-electron chi connectivity index (χ2n) is 8.31. The Morgan fingerprint density at radius 3 is 2.59 bits per heavy atom. The number of ether oxygens (including phenoxy) is 1.